The number of aromatic nitrogens is 2. The number of anilines is 1. The average molecular weight is 367 g/mol. The second-order valence-corrected chi connectivity index (χ2v) is 4.87. The van der Waals surface area contributed by atoms with Gasteiger partial charge >= 0.3 is 11.4 Å². The van der Waals surface area contributed by atoms with Crippen LogP contribution in [0.5, 0.6) is 0 Å². The van der Waals surface area contributed by atoms with Crippen LogP contribution in [0, 0.1) is 20.2 Å². The van der Waals surface area contributed by atoms with Crippen molar-refractivity contribution in [3.63, 3.8) is 0 Å². The monoisotopic (exact) mass is 367 g/mol. The highest BCUT2D eigenvalue weighted by Gasteiger charge is 2.24. The molecule has 0 atom stereocenters. The normalized spacial score (nSPS) is 10.1. The van der Waals surface area contributed by atoms with Crippen LogP contribution in [0.2, 0.25) is 0 Å². The first-order valence-electron chi connectivity index (χ1n) is 7.37. The highest BCUT2D eigenvalue weighted by molar-refractivity contribution is 5.60. The maximum atomic E-state index is 10.8. The summed E-state index contributed by atoms with van der Waals surface area (Å²) in [5.41, 5.74) is 5.52. The second-order valence-electron chi connectivity index (χ2n) is 4.87. The van der Waals surface area contributed by atoms with E-state index in [2.05, 4.69) is 20.2 Å². The van der Waals surface area contributed by atoms with Gasteiger partial charge in [-0.1, -0.05) is 0 Å². The van der Waals surface area contributed by atoms with E-state index < -0.39 is 21.2 Å². The molecule has 11 nitrogen and oxygen atoms in total. The molecule has 0 saturated heterocycles. The molecule has 136 valence electrons. The highest BCUT2D eigenvalue weighted by Crippen LogP contribution is 2.31. The van der Waals surface area contributed by atoms with Crippen LogP contribution in [0.25, 0.3) is 0 Å². The van der Waals surface area contributed by atoms with Crippen molar-refractivity contribution in [3.8, 4) is 0 Å². The summed E-state index contributed by atoms with van der Waals surface area (Å²) in [5.74, 6) is 0. The predicted octanol–water partition coefficient (Wildman–Crippen LogP) is 3.98. The summed E-state index contributed by atoms with van der Waals surface area (Å²) in [7, 11) is 0. The summed E-state index contributed by atoms with van der Waals surface area (Å²) in [6, 6.07) is 9.82. The Morgan fingerprint density at radius 3 is 1.70 bits per heavy atom. The molecule has 11 heteroatoms. The Labute approximate surface area is 152 Å². The van der Waals surface area contributed by atoms with Gasteiger partial charge in [-0.15, -0.1) is 0 Å². The first-order valence-corrected chi connectivity index (χ1v) is 7.37. The van der Waals surface area contributed by atoms with Gasteiger partial charge in [0, 0.05) is 36.5 Å². The molecule has 0 amide bonds. The number of nitro groups is 2. The van der Waals surface area contributed by atoms with Crippen molar-refractivity contribution < 1.29 is 9.85 Å². The second kappa shape index (κ2) is 9.27. The molecule has 2 aromatic carbocycles. The number of hydrogen-bond acceptors (Lipinski definition) is 9. The molecule has 2 N–H and O–H groups in total. The molecule has 0 radical (unpaired) electrons. The fourth-order valence-corrected chi connectivity index (χ4v) is 1.78. The van der Waals surface area contributed by atoms with E-state index in [4.69, 9.17) is 5.73 Å². The maximum absolute atomic E-state index is 10.8. The SMILES string of the molecule is Nc1ccc(N=Nc2ccc([N+](=O)[O-])c([N+](=O)[O-])c2)cc1.c1cnccn1. The number of benzene rings is 2. The molecule has 0 saturated carbocycles. The lowest BCUT2D eigenvalue weighted by molar-refractivity contribution is -0.422. The van der Waals surface area contributed by atoms with E-state index in [1.165, 1.54) is 6.07 Å². The minimum absolute atomic E-state index is 0.143. The molecule has 27 heavy (non-hydrogen) atoms. The molecule has 1 heterocycles. The third kappa shape index (κ3) is 5.94. The van der Waals surface area contributed by atoms with Gasteiger partial charge in [0.1, 0.15) is 0 Å². The number of nitrogens with two attached hydrogens (primary N) is 1. The van der Waals surface area contributed by atoms with Crippen LogP contribution in [0.3, 0.4) is 0 Å². The van der Waals surface area contributed by atoms with Crippen molar-refractivity contribution in [2.24, 2.45) is 10.2 Å². The summed E-state index contributed by atoms with van der Waals surface area (Å²) in [6.07, 6.45) is 6.56. The molecular formula is C16H13N7O4. The maximum Gasteiger partial charge on any atom is 0.348 e. The third-order valence-electron chi connectivity index (χ3n) is 3.00. The van der Waals surface area contributed by atoms with Crippen LogP contribution in [0.4, 0.5) is 28.4 Å². The van der Waals surface area contributed by atoms with Crippen molar-refractivity contribution >= 4 is 28.4 Å². The zero-order valence-corrected chi connectivity index (χ0v) is 13.7. The van der Waals surface area contributed by atoms with Crippen LogP contribution in [0.1, 0.15) is 0 Å². The molecule has 0 bridgehead atoms. The molecule has 0 spiro atoms. The number of nitrogens with zero attached hydrogens (tertiary/aromatic N) is 6. The summed E-state index contributed by atoms with van der Waals surface area (Å²) in [4.78, 5) is 27.3. The van der Waals surface area contributed by atoms with E-state index in [1.54, 1.807) is 49.1 Å². The molecule has 3 rings (SSSR count). The zero-order chi connectivity index (χ0) is 19.6. The van der Waals surface area contributed by atoms with Crippen LogP contribution in [0.15, 0.2) is 77.5 Å². The smallest absolute Gasteiger partial charge is 0.348 e. The lowest BCUT2D eigenvalue weighted by atomic mass is 10.2. The Morgan fingerprint density at radius 2 is 1.22 bits per heavy atom. The Bertz CT molecular complexity index is 920. The molecule has 3 aromatic rings. The summed E-state index contributed by atoms with van der Waals surface area (Å²) in [5, 5.41) is 29.2. The van der Waals surface area contributed by atoms with Crippen molar-refractivity contribution in [1.82, 2.24) is 9.97 Å². The summed E-state index contributed by atoms with van der Waals surface area (Å²) < 4.78 is 0. The van der Waals surface area contributed by atoms with Crippen molar-refractivity contribution in [3.05, 3.63) is 87.5 Å². The minimum Gasteiger partial charge on any atom is -0.399 e. The van der Waals surface area contributed by atoms with Crippen LogP contribution < -0.4 is 5.73 Å². The van der Waals surface area contributed by atoms with Crippen LogP contribution in [-0.4, -0.2) is 19.8 Å². The number of nitrogen functional groups attached to an aromatic ring is 1. The van der Waals surface area contributed by atoms with E-state index >= 15 is 0 Å². The highest BCUT2D eigenvalue weighted by atomic mass is 16.6. The van der Waals surface area contributed by atoms with Crippen molar-refractivity contribution in [2.75, 3.05) is 5.73 Å². The molecular weight excluding hydrogens is 354 g/mol. The van der Waals surface area contributed by atoms with E-state index in [9.17, 15) is 20.2 Å². The van der Waals surface area contributed by atoms with Crippen molar-refractivity contribution in [2.45, 2.75) is 0 Å². The Hall–Kier alpha value is -4.28. The fraction of sp³-hybridized carbons (Fsp3) is 0. The van der Waals surface area contributed by atoms with Gasteiger partial charge in [-0.05, 0) is 30.3 Å². The molecule has 1 aromatic heterocycles. The lowest BCUT2D eigenvalue weighted by Gasteiger charge is -1.97. The fourth-order valence-electron chi connectivity index (χ4n) is 1.78. The van der Waals surface area contributed by atoms with E-state index in [0.29, 0.717) is 11.4 Å². The van der Waals surface area contributed by atoms with E-state index in [0.717, 1.165) is 12.1 Å². The largest absolute Gasteiger partial charge is 0.399 e. The zero-order valence-electron chi connectivity index (χ0n) is 13.7. The van der Waals surface area contributed by atoms with E-state index in [-0.39, 0.29) is 5.69 Å². The third-order valence-corrected chi connectivity index (χ3v) is 3.00. The molecule has 0 aliphatic carbocycles. The first kappa shape index (κ1) is 19.1. The summed E-state index contributed by atoms with van der Waals surface area (Å²) >= 11 is 0. The minimum atomic E-state index is -0.833. The van der Waals surface area contributed by atoms with E-state index in [1.807, 2.05) is 0 Å². The van der Waals surface area contributed by atoms with Crippen molar-refractivity contribution in [1.29, 1.82) is 0 Å². The molecule has 0 aliphatic heterocycles. The van der Waals surface area contributed by atoms with Gasteiger partial charge in [0.25, 0.3) is 0 Å². The number of nitro benzene ring substituents is 2. The number of rotatable bonds is 4. The Morgan fingerprint density at radius 1 is 0.741 bits per heavy atom. The predicted molar refractivity (Wildman–Crippen MR) is 96.8 cm³/mol. The number of azo groups is 1. The standard InChI is InChI=1S/C12H9N5O4.C4H4N2/c13-8-1-3-9(4-2-8)14-15-10-5-6-11(16(18)19)12(7-10)17(20)21;1-2-6-4-3-5-1/h1-7H,13H2;1-4H. The molecule has 0 unspecified atom stereocenters. The van der Waals surface area contributed by atoms with Gasteiger partial charge in [-0.3, -0.25) is 30.2 Å². The van der Waals surface area contributed by atoms with Gasteiger partial charge in [-0.2, -0.15) is 10.2 Å². The topological polar surface area (TPSA) is 163 Å². The van der Waals surface area contributed by atoms with Gasteiger partial charge in [-0.25, -0.2) is 0 Å². The van der Waals surface area contributed by atoms with Gasteiger partial charge in [0.15, 0.2) is 0 Å². The van der Waals surface area contributed by atoms with Gasteiger partial charge in [0.2, 0.25) is 0 Å². The average Bonchev–Trinajstić information content (AvgIpc) is 2.69. The van der Waals surface area contributed by atoms with Crippen LogP contribution in [-0.2, 0) is 0 Å². The first-order chi connectivity index (χ1) is 13.0. The van der Waals surface area contributed by atoms with Gasteiger partial charge in [0.05, 0.1) is 27.3 Å². The Kier molecular flexibility index (Phi) is 6.54. The Balaban J connectivity index is 0.000000369. The van der Waals surface area contributed by atoms with Gasteiger partial charge < -0.3 is 5.73 Å². The lowest BCUT2D eigenvalue weighted by Crippen LogP contribution is -1.95. The number of hydrogen-bond donors (Lipinski definition) is 1. The molecule has 0 fully saturated rings. The summed E-state index contributed by atoms with van der Waals surface area (Å²) in [6.45, 7) is 0. The molecule has 0 aliphatic rings. The van der Waals surface area contributed by atoms with Crippen LogP contribution >= 0.6 is 0 Å². The quantitative estimate of drug-likeness (QED) is 0.315.